The molecule has 39 heavy (non-hydrogen) atoms. The third-order valence-corrected chi connectivity index (χ3v) is 6.64. The second kappa shape index (κ2) is 15.5. The van der Waals surface area contributed by atoms with Gasteiger partial charge in [0.25, 0.3) is 0 Å². The number of benzene rings is 1. The van der Waals surface area contributed by atoms with Crippen LogP contribution in [0.5, 0.6) is 0 Å². The average Bonchev–Trinajstić information content (AvgIpc) is 3.36. The van der Waals surface area contributed by atoms with Crippen LogP contribution in [-0.2, 0) is 0 Å². The number of nitrogens with two attached hydrogens (primary N) is 3. The molecule has 2 aromatic rings. The number of likely N-dealkylation sites (tertiary alicyclic amines) is 1. The summed E-state index contributed by atoms with van der Waals surface area (Å²) in [6.07, 6.45) is 8.70. The molecule has 0 aliphatic carbocycles. The number of likely N-dealkylation sites (N-methyl/N-ethyl adjacent to an activating group) is 1. The Hall–Kier alpha value is -3.95. The number of hydrogen-bond donors (Lipinski definition) is 6. The van der Waals surface area contributed by atoms with Crippen molar-refractivity contribution >= 4 is 11.9 Å². The molecule has 0 saturated carbocycles. The Morgan fingerprint density at radius 2 is 2.05 bits per heavy atom. The maximum atomic E-state index is 14.8. The number of allylic oxidation sites excluding steroid dienone is 2. The van der Waals surface area contributed by atoms with Gasteiger partial charge in [-0.1, -0.05) is 50.8 Å². The first-order chi connectivity index (χ1) is 18.7. The predicted molar refractivity (Wildman–Crippen MR) is 160 cm³/mol. The maximum Gasteiger partial charge on any atom is 0.216 e. The monoisotopic (exact) mass is 534 g/mol. The number of nitrogens with zero attached hydrogens (tertiary/aromatic N) is 2. The molecule has 0 amide bonds. The van der Waals surface area contributed by atoms with E-state index in [0.717, 1.165) is 48.1 Å². The van der Waals surface area contributed by atoms with Gasteiger partial charge in [0, 0.05) is 47.5 Å². The summed E-state index contributed by atoms with van der Waals surface area (Å²) in [5, 5.41) is 10.8. The van der Waals surface area contributed by atoms with Gasteiger partial charge in [-0.15, -0.1) is 6.58 Å². The van der Waals surface area contributed by atoms with E-state index >= 15 is 0 Å². The first-order valence-electron chi connectivity index (χ1n) is 13.0. The van der Waals surface area contributed by atoms with Crippen molar-refractivity contribution in [3.05, 3.63) is 108 Å². The van der Waals surface area contributed by atoms with Crippen LogP contribution >= 0.6 is 0 Å². The molecule has 2 unspecified atom stereocenters. The van der Waals surface area contributed by atoms with Gasteiger partial charge >= 0.3 is 0 Å². The summed E-state index contributed by atoms with van der Waals surface area (Å²) in [6.45, 7) is 12.7. The van der Waals surface area contributed by atoms with Gasteiger partial charge in [0.05, 0.1) is 11.7 Å². The number of aromatic nitrogens is 1. The van der Waals surface area contributed by atoms with Crippen LogP contribution in [0.25, 0.3) is 5.70 Å². The zero-order valence-corrected chi connectivity index (χ0v) is 23.3. The molecule has 1 aliphatic rings. The molecule has 9 N–H and O–H groups in total. The highest BCUT2D eigenvalue weighted by Gasteiger charge is 2.27. The van der Waals surface area contributed by atoms with Gasteiger partial charge in [-0.2, -0.15) is 4.39 Å². The molecule has 1 aliphatic heterocycles. The summed E-state index contributed by atoms with van der Waals surface area (Å²) in [5.74, 6) is 4.64. The van der Waals surface area contributed by atoms with Crippen molar-refractivity contribution in [2.45, 2.75) is 51.1 Å². The van der Waals surface area contributed by atoms with Crippen LogP contribution in [0.4, 0.5) is 4.39 Å². The fourth-order valence-corrected chi connectivity index (χ4v) is 4.43. The van der Waals surface area contributed by atoms with Gasteiger partial charge in [-0.25, -0.2) is 4.98 Å². The van der Waals surface area contributed by atoms with E-state index < -0.39 is 5.95 Å². The van der Waals surface area contributed by atoms with E-state index in [9.17, 15) is 4.39 Å². The molecular weight excluding hydrogens is 491 g/mol. The summed E-state index contributed by atoms with van der Waals surface area (Å²) < 4.78 is 14.8. The molecule has 210 valence electrons. The Labute approximate surface area is 232 Å². The average molecular weight is 535 g/mol. The molecule has 9 heteroatoms. The normalized spacial score (nSPS) is 16.7. The fourth-order valence-electron chi connectivity index (χ4n) is 4.43. The highest BCUT2D eigenvalue weighted by atomic mass is 19.1. The number of pyridine rings is 1. The molecule has 2 heterocycles. The number of nitrogens with one attached hydrogen (secondary N) is 3. The number of hydrazine groups is 1. The standard InChI is InChI=1S/C25H32FN5.C5H11N3/c1-16(2)20-10-11-22(30-25(20)26)24(29-17(3)23-9-6-14-31(23)4)19-8-5-7-18(15-19)21(28)12-13-27;1-2-3-5(4-6)8-7/h5,7-8,10-13,15-16,23-24,27,29H,3,6,9,14,28H2,1-2,4H3;2,4,8H,1,3,6-7H2/b21-12-,27-13?;5-4-. The fraction of sp³-hybridized carbons (Fsp3) is 0.333. The lowest BCUT2D eigenvalue weighted by Gasteiger charge is -2.28. The van der Waals surface area contributed by atoms with Crippen molar-refractivity contribution in [3.63, 3.8) is 0 Å². The highest BCUT2D eigenvalue weighted by molar-refractivity contribution is 5.81. The lowest BCUT2D eigenvalue weighted by Crippen LogP contribution is -2.35. The maximum absolute atomic E-state index is 14.8. The summed E-state index contributed by atoms with van der Waals surface area (Å²) in [4.78, 5) is 6.60. The lowest BCUT2D eigenvalue weighted by atomic mass is 9.97. The van der Waals surface area contributed by atoms with E-state index in [0.29, 0.717) is 23.4 Å². The van der Waals surface area contributed by atoms with E-state index in [1.165, 1.54) is 6.20 Å². The Bertz CT molecular complexity index is 1190. The second-order valence-electron chi connectivity index (χ2n) is 9.76. The van der Waals surface area contributed by atoms with Crippen molar-refractivity contribution in [1.82, 2.24) is 20.6 Å². The summed E-state index contributed by atoms with van der Waals surface area (Å²) in [7, 11) is 2.10. The second-order valence-corrected chi connectivity index (χ2v) is 9.76. The van der Waals surface area contributed by atoms with Crippen LogP contribution < -0.4 is 28.1 Å². The number of hydrogen-bond acceptors (Lipinski definition) is 8. The van der Waals surface area contributed by atoms with Crippen LogP contribution in [0.3, 0.4) is 0 Å². The van der Waals surface area contributed by atoms with Gasteiger partial charge in [-0.05, 0) is 61.7 Å². The van der Waals surface area contributed by atoms with E-state index in [4.69, 9.17) is 22.7 Å². The molecule has 3 rings (SSSR count). The Kier molecular flexibility index (Phi) is 12.4. The van der Waals surface area contributed by atoms with E-state index in [1.54, 1.807) is 12.2 Å². The molecule has 2 atom stereocenters. The van der Waals surface area contributed by atoms with E-state index in [2.05, 4.69) is 40.8 Å². The molecule has 1 aromatic heterocycles. The number of halogens is 1. The molecule has 8 nitrogen and oxygen atoms in total. The summed E-state index contributed by atoms with van der Waals surface area (Å²) in [6, 6.07) is 11.3. The van der Waals surface area contributed by atoms with Crippen molar-refractivity contribution < 1.29 is 4.39 Å². The van der Waals surface area contributed by atoms with Gasteiger partial charge in [0.2, 0.25) is 5.95 Å². The quantitative estimate of drug-likeness (QED) is 0.0824. The van der Waals surface area contributed by atoms with E-state index in [-0.39, 0.29) is 18.0 Å². The Morgan fingerprint density at radius 3 is 2.56 bits per heavy atom. The Morgan fingerprint density at radius 1 is 1.31 bits per heavy atom. The number of rotatable bonds is 11. The third kappa shape index (κ3) is 8.80. The predicted octanol–water partition coefficient (Wildman–Crippen LogP) is 4.41. The van der Waals surface area contributed by atoms with E-state index in [1.807, 2.05) is 50.2 Å². The minimum absolute atomic E-state index is 0.0597. The third-order valence-electron chi connectivity index (χ3n) is 6.64. The molecule has 1 saturated heterocycles. The highest BCUT2D eigenvalue weighted by Crippen LogP contribution is 2.29. The summed E-state index contributed by atoms with van der Waals surface area (Å²) >= 11 is 0. The van der Waals surface area contributed by atoms with Crippen LogP contribution in [0.15, 0.2) is 79.3 Å². The molecule has 0 radical (unpaired) electrons. The molecule has 0 bridgehead atoms. The molecule has 1 aromatic carbocycles. The van der Waals surface area contributed by atoms with Crippen molar-refractivity contribution in [1.29, 1.82) is 5.41 Å². The van der Waals surface area contributed by atoms with Gasteiger partial charge in [-0.3, -0.25) is 10.7 Å². The van der Waals surface area contributed by atoms with Gasteiger partial charge in [0.1, 0.15) is 0 Å². The first-order valence-corrected chi connectivity index (χ1v) is 13.0. The zero-order chi connectivity index (χ0) is 28.9. The van der Waals surface area contributed by atoms with Crippen molar-refractivity contribution in [3.8, 4) is 0 Å². The van der Waals surface area contributed by atoms with Crippen LogP contribution in [0, 0.1) is 11.4 Å². The van der Waals surface area contributed by atoms with Crippen LogP contribution in [-0.4, -0.2) is 35.7 Å². The summed E-state index contributed by atoms with van der Waals surface area (Å²) in [5.41, 5.74) is 18.7. The smallest absolute Gasteiger partial charge is 0.216 e. The molecule has 0 spiro atoms. The lowest BCUT2D eigenvalue weighted by molar-refractivity contribution is 0.330. The van der Waals surface area contributed by atoms with Crippen LogP contribution in [0.2, 0.25) is 0 Å². The van der Waals surface area contributed by atoms with Gasteiger partial charge < -0.3 is 27.6 Å². The molecule has 1 fully saturated rings. The zero-order valence-electron chi connectivity index (χ0n) is 23.3. The Balaban J connectivity index is 0.000000580. The topological polar surface area (TPSA) is 142 Å². The largest absolute Gasteiger partial charge is 0.403 e. The minimum Gasteiger partial charge on any atom is -0.403 e. The van der Waals surface area contributed by atoms with Gasteiger partial charge in [0.15, 0.2) is 0 Å². The minimum atomic E-state index is -0.442. The van der Waals surface area contributed by atoms with Crippen molar-refractivity contribution in [2.24, 2.45) is 17.3 Å². The van der Waals surface area contributed by atoms with Crippen LogP contribution in [0.1, 0.15) is 67.5 Å². The molecular formula is C30H43FN8. The van der Waals surface area contributed by atoms with Crippen molar-refractivity contribution in [2.75, 3.05) is 13.6 Å². The first kappa shape index (κ1) is 31.3. The SMILES string of the molecule is C=C(NC(c1cccc(/C(N)=C/C=N)c1)c1ccc(C(C)C)c(F)n1)C1CCCN1C.C=CC/C(=C/N)NN.